The molecule has 128 valence electrons. The number of benzene rings is 1. The normalized spacial score (nSPS) is 11.0. The van der Waals surface area contributed by atoms with Crippen molar-refractivity contribution in [1.29, 1.82) is 0 Å². The summed E-state index contributed by atoms with van der Waals surface area (Å²) in [5.41, 5.74) is 0.322. The molecule has 0 atom stereocenters. The fourth-order valence-corrected chi connectivity index (χ4v) is 2.53. The van der Waals surface area contributed by atoms with Crippen LogP contribution in [0.1, 0.15) is 0 Å². The number of imide groups is 1. The molecule has 0 saturated carbocycles. The molecule has 0 aromatic heterocycles. The first-order valence-corrected chi connectivity index (χ1v) is 8.02. The molecule has 0 aliphatic rings. The van der Waals surface area contributed by atoms with Crippen LogP contribution >= 0.6 is 0 Å². The van der Waals surface area contributed by atoms with Crippen molar-refractivity contribution in [1.82, 2.24) is 14.9 Å². The van der Waals surface area contributed by atoms with E-state index in [4.69, 9.17) is 4.74 Å². The van der Waals surface area contributed by atoms with Gasteiger partial charge in [-0.3, -0.25) is 10.1 Å². The Labute approximate surface area is 135 Å². The Morgan fingerprint density at radius 1 is 1.26 bits per heavy atom. The van der Waals surface area contributed by atoms with E-state index < -0.39 is 22.0 Å². The minimum absolute atomic E-state index is 0.0532. The van der Waals surface area contributed by atoms with Crippen molar-refractivity contribution >= 4 is 27.6 Å². The highest BCUT2D eigenvalue weighted by Crippen LogP contribution is 2.28. The lowest BCUT2D eigenvalue weighted by molar-refractivity contribution is -0.118. The van der Waals surface area contributed by atoms with E-state index in [-0.39, 0.29) is 11.4 Å². The lowest BCUT2D eigenvalue weighted by Gasteiger charge is -2.15. The van der Waals surface area contributed by atoms with Gasteiger partial charge in [0.05, 0.1) is 24.2 Å². The lowest BCUT2D eigenvalue weighted by Crippen LogP contribution is -2.40. The van der Waals surface area contributed by atoms with Gasteiger partial charge in [0.1, 0.15) is 5.75 Å². The van der Waals surface area contributed by atoms with Crippen molar-refractivity contribution in [2.45, 2.75) is 4.90 Å². The van der Waals surface area contributed by atoms with Gasteiger partial charge in [0.2, 0.25) is 15.9 Å². The highest BCUT2D eigenvalue weighted by molar-refractivity contribution is 7.89. The van der Waals surface area contributed by atoms with Gasteiger partial charge in [0, 0.05) is 21.1 Å². The van der Waals surface area contributed by atoms with Gasteiger partial charge in [-0.25, -0.2) is 17.5 Å². The van der Waals surface area contributed by atoms with Gasteiger partial charge in [-0.15, -0.1) is 0 Å². The van der Waals surface area contributed by atoms with Crippen LogP contribution in [0.25, 0.3) is 0 Å². The molecule has 9 nitrogen and oxygen atoms in total. The zero-order chi connectivity index (χ0) is 17.6. The van der Waals surface area contributed by atoms with Gasteiger partial charge >= 0.3 is 6.03 Å². The molecule has 23 heavy (non-hydrogen) atoms. The van der Waals surface area contributed by atoms with E-state index >= 15 is 0 Å². The number of methoxy groups -OCH3 is 1. The number of ether oxygens (including phenoxy) is 1. The molecule has 3 N–H and O–H groups in total. The molecule has 10 heteroatoms. The Hall–Kier alpha value is -2.33. The van der Waals surface area contributed by atoms with E-state index in [0.717, 1.165) is 4.31 Å². The molecular weight excluding hydrogens is 324 g/mol. The number of hydrogen-bond acceptors (Lipinski definition) is 6. The van der Waals surface area contributed by atoms with E-state index in [1.165, 1.54) is 46.5 Å². The number of rotatable bonds is 6. The van der Waals surface area contributed by atoms with Crippen LogP contribution in [0.2, 0.25) is 0 Å². The first-order valence-electron chi connectivity index (χ1n) is 6.58. The maximum Gasteiger partial charge on any atom is 0.321 e. The van der Waals surface area contributed by atoms with Crippen molar-refractivity contribution in [3.05, 3.63) is 18.2 Å². The molecule has 0 fully saturated rings. The summed E-state index contributed by atoms with van der Waals surface area (Å²) in [5, 5.41) is 7.08. The summed E-state index contributed by atoms with van der Waals surface area (Å²) in [6.45, 7) is -0.227. The number of nitrogens with one attached hydrogen (secondary N) is 3. The maximum absolute atomic E-state index is 12.1. The Morgan fingerprint density at radius 3 is 2.43 bits per heavy atom. The minimum Gasteiger partial charge on any atom is -0.495 e. The number of hydrogen-bond donors (Lipinski definition) is 3. The van der Waals surface area contributed by atoms with Crippen molar-refractivity contribution in [3.8, 4) is 5.75 Å². The third kappa shape index (κ3) is 4.83. The molecule has 3 amide bonds. The summed E-state index contributed by atoms with van der Waals surface area (Å²) in [6, 6.07) is 3.62. The second kappa shape index (κ2) is 7.79. The molecular formula is C13H20N4O5S. The van der Waals surface area contributed by atoms with Gasteiger partial charge in [0.25, 0.3) is 0 Å². The predicted octanol–water partition coefficient (Wildman–Crippen LogP) is -0.187. The number of urea groups is 1. The zero-order valence-electron chi connectivity index (χ0n) is 13.3. The fourth-order valence-electron chi connectivity index (χ4n) is 1.61. The summed E-state index contributed by atoms with van der Waals surface area (Å²) in [5.74, 6) is -0.206. The van der Waals surface area contributed by atoms with Crippen molar-refractivity contribution < 1.29 is 22.7 Å². The van der Waals surface area contributed by atoms with E-state index in [1.54, 1.807) is 0 Å². The van der Waals surface area contributed by atoms with Crippen molar-refractivity contribution in [3.63, 3.8) is 0 Å². The molecule has 0 bridgehead atoms. The van der Waals surface area contributed by atoms with Crippen molar-refractivity contribution in [2.24, 2.45) is 0 Å². The zero-order valence-corrected chi connectivity index (χ0v) is 14.2. The topological polar surface area (TPSA) is 117 Å². The highest BCUT2D eigenvalue weighted by atomic mass is 32.2. The van der Waals surface area contributed by atoms with Crippen LogP contribution in [0.5, 0.6) is 5.75 Å². The number of carbonyl (C=O) groups excluding carboxylic acids is 2. The largest absolute Gasteiger partial charge is 0.495 e. The molecule has 0 spiro atoms. The Bertz CT molecular complexity index is 688. The number of carbonyl (C=O) groups is 2. The van der Waals surface area contributed by atoms with Gasteiger partial charge < -0.3 is 15.4 Å². The van der Waals surface area contributed by atoms with Crippen LogP contribution in [0.3, 0.4) is 0 Å². The molecule has 1 rings (SSSR count). The van der Waals surface area contributed by atoms with Crippen LogP contribution < -0.4 is 20.7 Å². The summed E-state index contributed by atoms with van der Waals surface area (Å²) in [7, 11) is 2.03. The van der Waals surface area contributed by atoms with Gasteiger partial charge in [-0.05, 0) is 18.2 Å². The third-order valence-corrected chi connectivity index (χ3v) is 4.68. The molecule has 1 aromatic carbocycles. The van der Waals surface area contributed by atoms with E-state index in [0.29, 0.717) is 11.4 Å². The number of anilines is 1. The SMILES string of the molecule is CNC(=O)NC(=O)CNc1cc(S(=O)(=O)N(C)C)ccc1OC. The van der Waals surface area contributed by atoms with Gasteiger partial charge in [-0.2, -0.15) is 0 Å². The van der Waals surface area contributed by atoms with E-state index in [2.05, 4.69) is 16.0 Å². The van der Waals surface area contributed by atoms with Crippen molar-refractivity contribution in [2.75, 3.05) is 40.1 Å². The first kappa shape index (κ1) is 18.7. The summed E-state index contributed by atoms with van der Waals surface area (Å²) in [6.07, 6.45) is 0. The standard InChI is InChI=1S/C13H20N4O5S/c1-14-13(19)16-12(18)8-15-10-7-9(5-6-11(10)22-4)23(20,21)17(2)3/h5-7,15H,8H2,1-4H3,(H2,14,16,18,19). The second-order valence-corrected chi connectivity index (χ2v) is 6.78. The van der Waals surface area contributed by atoms with Gasteiger partial charge in [0.15, 0.2) is 0 Å². The molecule has 1 aromatic rings. The fraction of sp³-hybridized carbons (Fsp3) is 0.385. The summed E-state index contributed by atoms with van der Waals surface area (Å²) >= 11 is 0. The lowest BCUT2D eigenvalue weighted by atomic mass is 10.3. The van der Waals surface area contributed by atoms with Gasteiger partial charge in [-0.1, -0.05) is 0 Å². The van der Waals surface area contributed by atoms with Crippen LogP contribution in [-0.4, -0.2) is 59.5 Å². The molecule has 0 heterocycles. The smallest absolute Gasteiger partial charge is 0.321 e. The maximum atomic E-state index is 12.1. The number of amides is 3. The van der Waals surface area contributed by atoms with Crippen LogP contribution in [-0.2, 0) is 14.8 Å². The summed E-state index contributed by atoms with van der Waals surface area (Å²) in [4.78, 5) is 22.7. The molecule has 0 saturated heterocycles. The molecule has 0 aliphatic carbocycles. The van der Waals surface area contributed by atoms with Crippen LogP contribution in [0.15, 0.2) is 23.1 Å². The predicted molar refractivity (Wildman–Crippen MR) is 85.0 cm³/mol. The molecule has 0 aliphatic heterocycles. The van der Waals surface area contributed by atoms with E-state index in [1.807, 2.05) is 0 Å². The summed E-state index contributed by atoms with van der Waals surface area (Å²) < 4.78 is 30.5. The van der Waals surface area contributed by atoms with E-state index in [9.17, 15) is 18.0 Å². The Balaban J connectivity index is 2.97. The monoisotopic (exact) mass is 344 g/mol. The molecule has 0 radical (unpaired) electrons. The van der Waals surface area contributed by atoms with Crippen LogP contribution in [0.4, 0.5) is 10.5 Å². The van der Waals surface area contributed by atoms with Crippen LogP contribution in [0, 0.1) is 0 Å². The minimum atomic E-state index is -3.61. The average Bonchev–Trinajstić information content (AvgIpc) is 2.52. The second-order valence-electron chi connectivity index (χ2n) is 4.63. The average molecular weight is 344 g/mol. The Morgan fingerprint density at radius 2 is 1.91 bits per heavy atom. The Kier molecular flexibility index (Phi) is 6.34. The number of sulfonamides is 1. The number of nitrogens with zero attached hydrogens (tertiary/aromatic N) is 1. The highest BCUT2D eigenvalue weighted by Gasteiger charge is 2.19. The quantitative estimate of drug-likeness (QED) is 0.659. The molecule has 0 unspecified atom stereocenters. The first-order chi connectivity index (χ1) is 10.7. The third-order valence-electron chi connectivity index (χ3n) is 2.87.